The lowest BCUT2D eigenvalue weighted by molar-refractivity contribution is 0.144. The Hall–Kier alpha value is -3.29. The Morgan fingerprint density at radius 1 is 1.04 bits per heavy atom. The standard InChI is InChI=1S/C16H8F3NO4/c17-8-1-3-9(4-2-8)20-7-14(24-16(22)23)15(21)10-5-11(18)12(19)6-13(10)20/h1-7H,(H,22,23). The Balaban J connectivity index is 2.39. The van der Waals surface area contributed by atoms with Gasteiger partial charge >= 0.3 is 6.16 Å². The number of fused-ring (bicyclic) bond motifs is 1. The molecule has 0 spiro atoms. The fourth-order valence-corrected chi connectivity index (χ4v) is 2.28. The molecule has 0 saturated carbocycles. The Morgan fingerprint density at radius 2 is 1.67 bits per heavy atom. The number of halogens is 3. The highest BCUT2D eigenvalue weighted by molar-refractivity contribution is 5.82. The van der Waals surface area contributed by atoms with Gasteiger partial charge in [0.2, 0.25) is 5.43 Å². The largest absolute Gasteiger partial charge is 0.511 e. The molecule has 0 aliphatic rings. The van der Waals surface area contributed by atoms with Crippen molar-refractivity contribution in [2.45, 2.75) is 0 Å². The van der Waals surface area contributed by atoms with Gasteiger partial charge in [0, 0.05) is 11.8 Å². The van der Waals surface area contributed by atoms with E-state index >= 15 is 0 Å². The number of carboxylic acid groups (broad SMARTS) is 1. The van der Waals surface area contributed by atoms with E-state index in [1.165, 1.54) is 16.7 Å². The molecule has 0 saturated heterocycles. The average Bonchev–Trinajstić information content (AvgIpc) is 2.53. The van der Waals surface area contributed by atoms with Crippen molar-refractivity contribution in [3.05, 3.63) is 70.3 Å². The van der Waals surface area contributed by atoms with Gasteiger partial charge in [-0.2, -0.15) is 0 Å². The van der Waals surface area contributed by atoms with Gasteiger partial charge in [0.25, 0.3) is 0 Å². The van der Waals surface area contributed by atoms with E-state index in [0.29, 0.717) is 11.8 Å². The molecule has 3 rings (SSSR count). The first-order valence-electron chi connectivity index (χ1n) is 6.58. The summed E-state index contributed by atoms with van der Waals surface area (Å²) in [6.45, 7) is 0. The molecule has 0 amide bonds. The number of pyridine rings is 1. The molecule has 122 valence electrons. The first-order valence-corrected chi connectivity index (χ1v) is 6.58. The van der Waals surface area contributed by atoms with Crippen LogP contribution in [-0.4, -0.2) is 15.8 Å². The minimum Gasteiger partial charge on any atom is -0.449 e. The monoisotopic (exact) mass is 335 g/mol. The van der Waals surface area contributed by atoms with Crippen LogP contribution in [0.4, 0.5) is 18.0 Å². The van der Waals surface area contributed by atoms with Crippen molar-refractivity contribution in [2.75, 3.05) is 0 Å². The minimum absolute atomic E-state index is 0.0248. The van der Waals surface area contributed by atoms with Gasteiger partial charge < -0.3 is 14.4 Å². The van der Waals surface area contributed by atoms with Crippen molar-refractivity contribution >= 4 is 17.1 Å². The topological polar surface area (TPSA) is 68.5 Å². The van der Waals surface area contributed by atoms with Crippen LogP contribution in [0.2, 0.25) is 0 Å². The van der Waals surface area contributed by atoms with E-state index in [4.69, 9.17) is 5.11 Å². The van der Waals surface area contributed by atoms with E-state index in [2.05, 4.69) is 4.74 Å². The molecule has 1 heterocycles. The van der Waals surface area contributed by atoms with Crippen LogP contribution in [-0.2, 0) is 0 Å². The summed E-state index contributed by atoms with van der Waals surface area (Å²) < 4.78 is 45.7. The number of benzene rings is 2. The van der Waals surface area contributed by atoms with Gasteiger partial charge in [0.05, 0.1) is 17.1 Å². The number of hydrogen-bond acceptors (Lipinski definition) is 3. The van der Waals surface area contributed by atoms with E-state index < -0.39 is 34.8 Å². The lowest BCUT2D eigenvalue weighted by Gasteiger charge is -2.13. The van der Waals surface area contributed by atoms with Crippen LogP contribution in [0.25, 0.3) is 16.6 Å². The van der Waals surface area contributed by atoms with Gasteiger partial charge in [-0.05, 0) is 30.3 Å². The zero-order valence-electron chi connectivity index (χ0n) is 11.8. The summed E-state index contributed by atoms with van der Waals surface area (Å²) in [5.74, 6) is -3.57. The molecule has 2 aromatic carbocycles. The van der Waals surface area contributed by atoms with E-state index in [-0.39, 0.29) is 10.9 Å². The van der Waals surface area contributed by atoms with Crippen LogP contribution in [0.1, 0.15) is 0 Å². The summed E-state index contributed by atoms with van der Waals surface area (Å²) in [4.78, 5) is 22.9. The number of rotatable bonds is 2. The molecule has 1 aromatic heterocycles. The highest BCUT2D eigenvalue weighted by Gasteiger charge is 2.16. The molecule has 5 nitrogen and oxygen atoms in total. The number of ether oxygens (including phenoxy) is 1. The maximum Gasteiger partial charge on any atom is 0.511 e. The highest BCUT2D eigenvalue weighted by atomic mass is 19.2. The molecule has 0 atom stereocenters. The predicted octanol–water partition coefficient (Wildman–Crippen LogP) is 3.46. The van der Waals surface area contributed by atoms with Crippen molar-refractivity contribution in [1.29, 1.82) is 0 Å². The quantitative estimate of drug-likeness (QED) is 0.728. The Kier molecular flexibility index (Phi) is 3.72. The maximum absolute atomic E-state index is 13.6. The number of hydrogen-bond donors (Lipinski definition) is 1. The van der Waals surface area contributed by atoms with Crippen LogP contribution >= 0.6 is 0 Å². The molecule has 0 aliphatic carbocycles. The molecular formula is C16H8F3NO4. The van der Waals surface area contributed by atoms with E-state index in [1.54, 1.807) is 0 Å². The molecule has 0 radical (unpaired) electrons. The summed E-state index contributed by atoms with van der Waals surface area (Å²) in [5, 5.41) is 8.43. The van der Waals surface area contributed by atoms with Crippen LogP contribution in [0.3, 0.4) is 0 Å². The zero-order chi connectivity index (χ0) is 17.4. The summed E-state index contributed by atoms with van der Waals surface area (Å²) in [6.07, 6.45) is -0.719. The van der Waals surface area contributed by atoms with Gasteiger partial charge in [0.1, 0.15) is 5.82 Å². The first-order chi connectivity index (χ1) is 11.4. The fraction of sp³-hybridized carbons (Fsp3) is 0. The van der Waals surface area contributed by atoms with Gasteiger partial charge in [-0.1, -0.05) is 0 Å². The second kappa shape index (κ2) is 5.73. The Morgan fingerprint density at radius 3 is 2.29 bits per heavy atom. The smallest absolute Gasteiger partial charge is 0.449 e. The maximum atomic E-state index is 13.6. The molecule has 0 unspecified atom stereocenters. The molecule has 0 fully saturated rings. The zero-order valence-corrected chi connectivity index (χ0v) is 11.8. The predicted molar refractivity (Wildman–Crippen MR) is 78.1 cm³/mol. The van der Waals surface area contributed by atoms with Crippen LogP contribution in [0, 0.1) is 17.5 Å². The first kappa shape index (κ1) is 15.6. The third kappa shape index (κ3) is 2.69. The molecular weight excluding hydrogens is 327 g/mol. The van der Waals surface area contributed by atoms with E-state index in [0.717, 1.165) is 24.4 Å². The van der Waals surface area contributed by atoms with Gasteiger partial charge in [-0.3, -0.25) is 4.79 Å². The van der Waals surface area contributed by atoms with Crippen molar-refractivity contribution in [2.24, 2.45) is 0 Å². The summed E-state index contributed by atoms with van der Waals surface area (Å²) >= 11 is 0. The third-order valence-electron chi connectivity index (χ3n) is 3.31. The second-order valence-corrected chi connectivity index (χ2v) is 4.82. The second-order valence-electron chi connectivity index (χ2n) is 4.82. The third-order valence-corrected chi connectivity index (χ3v) is 3.31. The molecule has 1 N–H and O–H groups in total. The number of aromatic nitrogens is 1. The molecule has 0 bridgehead atoms. The Bertz CT molecular complexity index is 1010. The van der Waals surface area contributed by atoms with Gasteiger partial charge in [0.15, 0.2) is 17.4 Å². The van der Waals surface area contributed by atoms with Crippen LogP contribution < -0.4 is 10.2 Å². The Labute approximate surface area is 132 Å². The molecule has 0 aliphatic heterocycles. The summed E-state index contributed by atoms with van der Waals surface area (Å²) in [5.41, 5.74) is -0.643. The van der Waals surface area contributed by atoms with Gasteiger partial charge in [-0.15, -0.1) is 0 Å². The number of carbonyl (C=O) groups is 1. The normalized spacial score (nSPS) is 10.8. The lowest BCUT2D eigenvalue weighted by atomic mass is 10.1. The average molecular weight is 335 g/mol. The van der Waals surface area contributed by atoms with Crippen LogP contribution in [0.15, 0.2) is 47.4 Å². The van der Waals surface area contributed by atoms with Crippen LogP contribution in [0.5, 0.6) is 5.75 Å². The van der Waals surface area contributed by atoms with E-state index in [1.807, 2.05) is 0 Å². The van der Waals surface area contributed by atoms with Crippen molar-refractivity contribution in [3.63, 3.8) is 0 Å². The SMILES string of the molecule is O=C(O)Oc1cn(-c2ccc(F)cc2)c2cc(F)c(F)cc2c1=O. The lowest BCUT2D eigenvalue weighted by Crippen LogP contribution is -2.16. The number of nitrogens with zero attached hydrogens (tertiary/aromatic N) is 1. The van der Waals surface area contributed by atoms with Crippen molar-refractivity contribution < 1.29 is 27.8 Å². The highest BCUT2D eigenvalue weighted by Crippen LogP contribution is 2.23. The fourth-order valence-electron chi connectivity index (χ4n) is 2.28. The minimum atomic E-state index is -1.74. The van der Waals surface area contributed by atoms with Crippen molar-refractivity contribution in [1.82, 2.24) is 4.57 Å². The summed E-state index contributed by atoms with van der Waals surface area (Å²) in [6, 6.07) is 6.34. The van der Waals surface area contributed by atoms with E-state index in [9.17, 15) is 22.8 Å². The van der Waals surface area contributed by atoms with Crippen molar-refractivity contribution in [3.8, 4) is 11.4 Å². The summed E-state index contributed by atoms with van der Waals surface area (Å²) in [7, 11) is 0. The molecule has 3 aromatic rings. The molecule has 8 heteroatoms. The van der Waals surface area contributed by atoms with Gasteiger partial charge in [-0.25, -0.2) is 18.0 Å². The molecule has 24 heavy (non-hydrogen) atoms.